The van der Waals surface area contributed by atoms with Crippen LogP contribution in [0.25, 0.3) is 0 Å². The molecule has 94 valence electrons. The van der Waals surface area contributed by atoms with E-state index in [0.717, 1.165) is 18.6 Å². The Morgan fingerprint density at radius 2 is 2.24 bits per heavy atom. The molecule has 0 saturated carbocycles. The number of thioether (sulfide) groups is 1. The summed E-state index contributed by atoms with van der Waals surface area (Å²) < 4.78 is 0. The summed E-state index contributed by atoms with van der Waals surface area (Å²) >= 11 is 1.85. The molecule has 0 aromatic carbocycles. The Bertz CT molecular complexity index is 337. The maximum atomic E-state index is 11.1. The number of unbranched alkanes of at least 4 members (excludes halogenated alkanes) is 1. The molecule has 3 unspecified atom stereocenters. The average molecular weight is 257 g/mol. The zero-order chi connectivity index (χ0) is 12.3. The summed E-state index contributed by atoms with van der Waals surface area (Å²) in [6.45, 7) is 0. The number of nitrogens with one attached hydrogen (secondary N) is 2. The molecule has 2 aliphatic heterocycles. The van der Waals surface area contributed by atoms with E-state index in [4.69, 9.17) is 0 Å². The van der Waals surface area contributed by atoms with Gasteiger partial charge >= 0.3 is 6.03 Å². The van der Waals surface area contributed by atoms with Gasteiger partial charge in [0.05, 0.1) is 12.1 Å². The van der Waals surface area contributed by atoms with E-state index in [2.05, 4.69) is 15.8 Å². The molecule has 0 aromatic heterocycles. The van der Waals surface area contributed by atoms with Crippen LogP contribution >= 0.6 is 11.8 Å². The van der Waals surface area contributed by atoms with Gasteiger partial charge in [-0.25, -0.2) is 4.79 Å². The monoisotopic (exact) mass is 257 g/mol. The minimum Gasteiger partial charge on any atom is -0.332 e. The number of amides is 3. The Kier molecular flexibility index (Phi) is 3.98. The van der Waals surface area contributed by atoms with E-state index >= 15 is 0 Å². The first-order valence-corrected chi connectivity index (χ1v) is 6.80. The second-order valence-corrected chi connectivity index (χ2v) is 5.62. The maximum absolute atomic E-state index is 11.1. The van der Waals surface area contributed by atoms with E-state index in [-0.39, 0.29) is 24.5 Å². The number of hydrogen-bond donors (Lipinski definition) is 2. The number of fused-ring (bicyclic) bond motifs is 1. The Balaban J connectivity index is 1.68. The summed E-state index contributed by atoms with van der Waals surface area (Å²) in [7, 11) is 0. The third kappa shape index (κ3) is 2.96. The molecule has 3 amide bonds. The zero-order valence-electron chi connectivity index (χ0n) is 9.35. The molecule has 0 spiro atoms. The first-order chi connectivity index (χ1) is 8.20. The zero-order valence-corrected chi connectivity index (χ0v) is 10.2. The van der Waals surface area contributed by atoms with Gasteiger partial charge in [-0.15, -0.1) is 4.91 Å². The molecular weight excluding hydrogens is 242 g/mol. The molecule has 2 saturated heterocycles. The molecule has 6 nitrogen and oxygen atoms in total. The molecule has 0 aromatic rings. The SMILES string of the molecule is O=NC(=O)CCCCC1SCC2NC(=O)NC21. The van der Waals surface area contributed by atoms with Gasteiger partial charge in [0.1, 0.15) is 0 Å². The first kappa shape index (κ1) is 12.3. The van der Waals surface area contributed by atoms with Crippen molar-refractivity contribution < 1.29 is 9.59 Å². The van der Waals surface area contributed by atoms with Gasteiger partial charge in [-0.1, -0.05) is 6.42 Å². The lowest BCUT2D eigenvalue weighted by Crippen LogP contribution is -2.36. The van der Waals surface area contributed by atoms with Gasteiger partial charge in [0.15, 0.2) is 0 Å². The van der Waals surface area contributed by atoms with E-state index in [0.29, 0.717) is 11.7 Å². The third-order valence-electron chi connectivity index (χ3n) is 3.17. The minimum atomic E-state index is -0.571. The number of hydrogen-bond acceptors (Lipinski definition) is 4. The predicted molar refractivity (Wildman–Crippen MR) is 64.8 cm³/mol. The lowest BCUT2D eigenvalue weighted by Gasteiger charge is -2.16. The molecule has 0 bridgehead atoms. The van der Waals surface area contributed by atoms with Crippen molar-refractivity contribution in [3.63, 3.8) is 0 Å². The van der Waals surface area contributed by atoms with Crippen LogP contribution in [0, 0.1) is 4.91 Å². The highest BCUT2D eigenvalue weighted by molar-refractivity contribution is 8.00. The van der Waals surface area contributed by atoms with Gasteiger partial charge in [0.25, 0.3) is 5.91 Å². The molecule has 2 N–H and O–H groups in total. The molecule has 2 fully saturated rings. The highest BCUT2D eigenvalue weighted by Gasteiger charge is 2.42. The summed E-state index contributed by atoms with van der Waals surface area (Å²) in [4.78, 5) is 31.7. The van der Waals surface area contributed by atoms with E-state index in [1.807, 2.05) is 11.8 Å². The average Bonchev–Trinajstić information content (AvgIpc) is 2.84. The highest BCUT2D eigenvalue weighted by Crippen LogP contribution is 2.33. The molecule has 0 aliphatic carbocycles. The van der Waals surface area contributed by atoms with Gasteiger partial charge in [0, 0.05) is 22.6 Å². The molecule has 2 heterocycles. The van der Waals surface area contributed by atoms with Crippen LogP contribution in [0.4, 0.5) is 4.79 Å². The number of carbonyl (C=O) groups excluding carboxylic acids is 2. The van der Waals surface area contributed by atoms with Crippen LogP contribution in [-0.2, 0) is 4.79 Å². The topological polar surface area (TPSA) is 87.6 Å². The van der Waals surface area contributed by atoms with Gasteiger partial charge < -0.3 is 10.6 Å². The number of nitrogens with zero attached hydrogens (tertiary/aromatic N) is 1. The smallest absolute Gasteiger partial charge is 0.315 e. The largest absolute Gasteiger partial charge is 0.332 e. The van der Waals surface area contributed by atoms with Crippen LogP contribution in [0.1, 0.15) is 25.7 Å². The van der Waals surface area contributed by atoms with Crippen LogP contribution in [0.5, 0.6) is 0 Å². The summed E-state index contributed by atoms with van der Waals surface area (Å²) in [5, 5.41) is 8.58. The van der Waals surface area contributed by atoms with E-state index in [1.54, 1.807) is 0 Å². The Morgan fingerprint density at radius 1 is 1.41 bits per heavy atom. The summed E-state index contributed by atoms with van der Waals surface area (Å²) in [5.74, 6) is 0.376. The fourth-order valence-corrected chi connectivity index (χ4v) is 3.85. The van der Waals surface area contributed by atoms with Gasteiger partial charge in [-0.3, -0.25) is 4.79 Å². The highest BCUT2D eigenvalue weighted by atomic mass is 32.2. The second-order valence-electron chi connectivity index (χ2n) is 4.35. The summed E-state index contributed by atoms with van der Waals surface area (Å²) in [6.07, 6.45) is 2.78. The molecule has 2 aliphatic rings. The lowest BCUT2D eigenvalue weighted by molar-refractivity contribution is -0.118. The van der Waals surface area contributed by atoms with Crippen LogP contribution < -0.4 is 10.6 Å². The number of rotatable bonds is 5. The van der Waals surface area contributed by atoms with Crippen LogP contribution in [0.3, 0.4) is 0 Å². The Labute approximate surface area is 103 Å². The van der Waals surface area contributed by atoms with Gasteiger partial charge in [0.2, 0.25) is 0 Å². The summed E-state index contributed by atoms with van der Waals surface area (Å²) in [6, 6.07) is 0.383. The normalized spacial score (nSPS) is 30.6. The maximum Gasteiger partial charge on any atom is 0.315 e. The second kappa shape index (κ2) is 5.48. The van der Waals surface area contributed by atoms with E-state index < -0.39 is 5.91 Å². The number of carbonyl (C=O) groups is 2. The molecule has 0 radical (unpaired) electrons. The van der Waals surface area contributed by atoms with Crippen molar-refractivity contribution in [2.75, 3.05) is 5.75 Å². The van der Waals surface area contributed by atoms with Crippen LogP contribution in [0.15, 0.2) is 5.18 Å². The van der Waals surface area contributed by atoms with Crippen molar-refractivity contribution in [3.05, 3.63) is 4.91 Å². The van der Waals surface area contributed by atoms with Crippen molar-refractivity contribution in [1.29, 1.82) is 0 Å². The van der Waals surface area contributed by atoms with Crippen LogP contribution in [0.2, 0.25) is 0 Å². The van der Waals surface area contributed by atoms with Crippen molar-refractivity contribution in [2.45, 2.75) is 43.0 Å². The number of nitroso groups, excluding NO2 is 1. The molecule has 17 heavy (non-hydrogen) atoms. The number of urea groups is 1. The van der Waals surface area contributed by atoms with Crippen LogP contribution in [-0.4, -0.2) is 35.0 Å². The molecular formula is C10H15N3O3S. The molecule has 7 heteroatoms. The molecule has 2 rings (SSSR count). The van der Waals surface area contributed by atoms with Crippen molar-refractivity contribution in [1.82, 2.24) is 10.6 Å². The lowest BCUT2D eigenvalue weighted by atomic mass is 10.0. The quantitative estimate of drug-likeness (QED) is 0.437. The van der Waals surface area contributed by atoms with E-state index in [1.165, 1.54) is 0 Å². The fraction of sp³-hybridized carbons (Fsp3) is 0.800. The Hall–Kier alpha value is -1.11. The standard InChI is InChI=1S/C10H15N3O3S/c14-8(13-16)4-2-1-3-7-9-6(5-17-7)11-10(15)12-9/h6-7,9H,1-5H2,(H2,11,12,15). The third-order valence-corrected chi connectivity index (χ3v) is 4.68. The fourth-order valence-electron chi connectivity index (χ4n) is 2.31. The predicted octanol–water partition coefficient (Wildman–Crippen LogP) is 1.01. The van der Waals surface area contributed by atoms with E-state index in [9.17, 15) is 14.5 Å². The summed E-state index contributed by atoms with van der Waals surface area (Å²) in [5.41, 5.74) is 0. The van der Waals surface area contributed by atoms with Crippen molar-refractivity contribution in [2.24, 2.45) is 5.18 Å². The Morgan fingerprint density at radius 3 is 3.00 bits per heavy atom. The first-order valence-electron chi connectivity index (χ1n) is 5.75. The van der Waals surface area contributed by atoms with Gasteiger partial charge in [-0.2, -0.15) is 11.8 Å². The van der Waals surface area contributed by atoms with Gasteiger partial charge in [-0.05, 0) is 12.8 Å². The van der Waals surface area contributed by atoms with Crippen molar-refractivity contribution >= 4 is 23.7 Å². The van der Waals surface area contributed by atoms with Crippen molar-refractivity contribution in [3.8, 4) is 0 Å². The molecule has 3 atom stereocenters. The minimum absolute atomic E-state index is 0.0781.